The Bertz CT molecular complexity index is 669. The average Bonchev–Trinajstić information content (AvgIpc) is 2.50. The molecule has 0 aliphatic rings. The zero-order chi connectivity index (χ0) is 18.1. The molecule has 9 heteroatoms. The number of hydrogen-bond acceptors (Lipinski definition) is 6. The number of amides is 3. The number of carbonyl (C=O) groups is 3. The number of nitrogens with zero attached hydrogens (tertiary/aromatic N) is 1. The molecule has 0 unspecified atom stereocenters. The van der Waals surface area contributed by atoms with Gasteiger partial charge in [0.25, 0.3) is 11.6 Å². The van der Waals surface area contributed by atoms with E-state index in [1.165, 1.54) is 24.3 Å². The summed E-state index contributed by atoms with van der Waals surface area (Å²) in [5, 5.41) is 15.2. The topological polar surface area (TPSA) is 128 Å². The minimum Gasteiger partial charge on any atom is -0.452 e. The van der Waals surface area contributed by atoms with E-state index in [2.05, 4.69) is 10.1 Å². The number of nitro groups is 1. The normalized spacial score (nSPS) is 10.5. The molecule has 1 aromatic carbocycles. The van der Waals surface area contributed by atoms with Crippen LogP contribution in [0.5, 0.6) is 0 Å². The van der Waals surface area contributed by atoms with E-state index < -0.39 is 29.4 Å². The fraction of sp³-hybridized carbons (Fsp3) is 0.267. The van der Waals surface area contributed by atoms with Crippen LogP contribution in [-0.4, -0.2) is 35.5 Å². The van der Waals surface area contributed by atoms with Gasteiger partial charge in [0.1, 0.15) is 0 Å². The standard InChI is InChI=1S/C15H17N3O6/c1-10(2)16-15(21)17-13(19)9-24-14(20)8-7-11-5-3-4-6-12(11)18(22)23/h3-8,10H,9H2,1-2H3,(H2,16,17,19,21). The summed E-state index contributed by atoms with van der Waals surface area (Å²) >= 11 is 0. The van der Waals surface area contributed by atoms with E-state index in [1.807, 2.05) is 5.32 Å². The van der Waals surface area contributed by atoms with Crippen LogP contribution in [0.2, 0.25) is 0 Å². The Morgan fingerprint density at radius 2 is 1.96 bits per heavy atom. The van der Waals surface area contributed by atoms with Crippen molar-refractivity contribution >= 4 is 29.7 Å². The molecule has 0 aliphatic carbocycles. The molecule has 9 nitrogen and oxygen atoms in total. The van der Waals surface area contributed by atoms with Crippen molar-refractivity contribution in [3.8, 4) is 0 Å². The lowest BCUT2D eigenvalue weighted by Crippen LogP contribution is -2.43. The first-order chi connectivity index (χ1) is 11.3. The van der Waals surface area contributed by atoms with Gasteiger partial charge in [0.05, 0.1) is 10.5 Å². The highest BCUT2D eigenvalue weighted by Crippen LogP contribution is 2.18. The van der Waals surface area contributed by atoms with Gasteiger partial charge >= 0.3 is 12.0 Å². The van der Waals surface area contributed by atoms with E-state index >= 15 is 0 Å². The molecule has 2 N–H and O–H groups in total. The fourth-order valence-electron chi connectivity index (χ4n) is 1.60. The molecule has 128 valence electrons. The maximum absolute atomic E-state index is 11.5. The molecule has 1 aromatic rings. The molecule has 0 spiro atoms. The van der Waals surface area contributed by atoms with Crippen LogP contribution in [0.15, 0.2) is 30.3 Å². The van der Waals surface area contributed by atoms with E-state index in [9.17, 15) is 24.5 Å². The van der Waals surface area contributed by atoms with Crippen LogP contribution in [0.25, 0.3) is 6.08 Å². The SMILES string of the molecule is CC(C)NC(=O)NC(=O)COC(=O)C=Cc1ccccc1[N+](=O)[O-]. The van der Waals surface area contributed by atoms with Gasteiger partial charge in [0.2, 0.25) is 0 Å². The van der Waals surface area contributed by atoms with Crippen LogP contribution in [0.3, 0.4) is 0 Å². The zero-order valence-corrected chi connectivity index (χ0v) is 13.1. The highest BCUT2D eigenvalue weighted by molar-refractivity contribution is 5.96. The minimum absolute atomic E-state index is 0.148. The summed E-state index contributed by atoms with van der Waals surface area (Å²) < 4.78 is 4.64. The van der Waals surface area contributed by atoms with Crippen molar-refractivity contribution in [2.24, 2.45) is 0 Å². The molecule has 1 rings (SSSR count). The van der Waals surface area contributed by atoms with Gasteiger partial charge < -0.3 is 10.1 Å². The number of nitro benzene ring substituents is 1. The number of carbonyl (C=O) groups excluding carboxylic acids is 3. The Balaban J connectivity index is 2.51. The molecule has 0 fully saturated rings. The zero-order valence-electron chi connectivity index (χ0n) is 13.1. The molecule has 0 radical (unpaired) electrons. The largest absolute Gasteiger partial charge is 0.452 e. The Morgan fingerprint density at radius 1 is 1.29 bits per heavy atom. The summed E-state index contributed by atoms with van der Waals surface area (Å²) in [6.07, 6.45) is 2.17. The van der Waals surface area contributed by atoms with Gasteiger partial charge in [-0.2, -0.15) is 0 Å². The van der Waals surface area contributed by atoms with Crippen molar-refractivity contribution in [2.45, 2.75) is 19.9 Å². The Morgan fingerprint density at radius 3 is 2.58 bits per heavy atom. The Hall–Kier alpha value is -3.23. The van der Waals surface area contributed by atoms with Gasteiger partial charge in [0, 0.05) is 18.2 Å². The molecule has 3 amide bonds. The van der Waals surface area contributed by atoms with Crippen LogP contribution in [0.4, 0.5) is 10.5 Å². The molecular weight excluding hydrogens is 318 g/mol. The predicted octanol–water partition coefficient (Wildman–Crippen LogP) is 1.39. The number of benzene rings is 1. The van der Waals surface area contributed by atoms with Crippen LogP contribution < -0.4 is 10.6 Å². The number of urea groups is 1. The van der Waals surface area contributed by atoms with Gasteiger partial charge in [-0.05, 0) is 26.0 Å². The molecule has 24 heavy (non-hydrogen) atoms. The maximum Gasteiger partial charge on any atom is 0.331 e. The lowest BCUT2D eigenvalue weighted by atomic mass is 10.1. The lowest BCUT2D eigenvalue weighted by Gasteiger charge is -2.08. The van der Waals surface area contributed by atoms with E-state index in [0.29, 0.717) is 0 Å². The first kappa shape index (κ1) is 18.8. The summed E-state index contributed by atoms with van der Waals surface area (Å²) in [5.74, 6) is -1.66. The molecule has 0 saturated heterocycles. The summed E-state index contributed by atoms with van der Waals surface area (Å²) in [4.78, 5) is 44.4. The number of para-hydroxylation sites is 1. The summed E-state index contributed by atoms with van der Waals surface area (Å²) in [6.45, 7) is 2.79. The third kappa shape index (κ3) is 6.69. The van der Waals surface area contributed by atoms with Crippen molar-refractivity contribution in [2.75, 3.05) is 6.61 Å². The lowest BCUT2D eigenvalue weighted by molar-refractivity contribution is -0.385. The van der Waals surface area contributed by atoms with Crippen LogP contribution in [-0.2, 0) is 14.3 Å². The maximum atomic E-state index is 11.5. The molecule has 0 heterocycles. The second-order valence-corrected chi connectivity index (χ2v) is 4.93. The second-order valence-electron chi connectivity index (χ2n) is 4.93. The minimum atomic E-state index is -0.868. The number of hydrogen-bond donors (Lipinski definition) is 2. The monoisotopic (exact) mass is 335 g/mol. The first-order valence-corrected chi connectivity index (χ1v) is 6.98. The number of imide groups is 1. The molecule has 0 saturated carbocycles. The van der Waals surface area contributed by atoms with Crippen molar-refractivity contribution in [1.29, 1.82) is 0 Å². The predicted molar refractivity (Wildman–Crippen MR) is 84.9 cm³/mol. The van der Waals surface area contributed by atoms with Crippen molar-refractivity contribution < 1.29 is 24.0 Å². The quantitative estimate of drug-likeness (QED) is 0.350. The molecule has 0 aromatic heterocycles. The summed E-state index contributed by atoms with van der Waals surface area (Å²) in [5.41, 5.74) is 0.0601. The Labute approximate surface area is 137 Å². The summed E-state index contributed by atoms with van der Waals surface area (Å²) in [7, 11) is 0. The van der Waals surface area contributed by atoms with Gasteiger partial charge in [-0.15, -0.1) is 0 Å². The first-order valence-electron chi connectivity index (χ1n) is 6.98. The molecule has 0 bridgehead atoms. The van der Waals surface area contributed by atoms with E-state index in [-0.39, 0.29) is 17.3 Å². The number of esters is 1. The second kappa shape index (κ2) is 9.03. The van der Waals surface area contributed by atoms with Crippen molar-refractivity contribution in [3.05, 3.63) is 46.0 Å². The smallest absolute Gasteiger partial charge is 0.331 e. The number of ether oxygens (including phenoxy) is 1. The number of nitrogens with one attached hydrogen (secondary N) is 2. The molecule has 0 atom stereocenters. The fourth-order valence-corrected chi connectivity index (χ4v) is 1.60. The van der Waals surface area contributed by atoms with Crippen LogP contribution in [0.1, 0.15) is 19.4 Å². The van der Waals surface area contributed by atoms with Gasteiger partial charge in [0.15, 0.2) is 6.61 Å². The van der Waals surface area contributed by atoms with Crippen LogP contribution >= 0.6 is 0 Å². The highest BCUT2D eigenvalue weighted by atomic mass is 16.6. The number of rotatable bonds is 6. The third-order valence-electron chi connectivity index (χ3n) is 2.55. The average molecular weight is 335 g/mol. The van der Waals surface area contributed by atoms with E-state index in [1.54, 1.807) is 19.9 Å². The van der Waals surface area contributed by atoms with Gasteiger partial charge in [-0.1, -0.05) is 12.1 Å². The van der Waals surface area contributed by atoms with Crippen LogP contribution in [0, 0.1) is 10.1 Å². The van der Waals surface area contributed by atoms with E-state index in [0.717, 1.165) is 6.08 Å². The Kier molecular flexibility index (Phi) is 7.08. The van der Waals surface area contributed by atoms with Gasteiger partial charge in [-0.25, -0.2) is 9.59 Å². The van der Waals surface area contributed by atoms with Crippen molar-refractivity contribution in [1.82, 2.24) is 10.6 Å². The van der Waals surface area contributed by atoms with Gasteiger partial charge in [-0.3, -0.25) is 20.2 Å². The van der Waals surface area contributed by atoms with Crippen molar-refractivity contribution in [3.63, 3.8) is 0 Å². The van der Waals surface area contributed by atoms with E-state index in [4.69, 9.17) is 0 Å². The molecular formula is C15H17N3O6. The summed E-state index contributed by atoms with van der Waals surface area (Å²) in [6, 6.07) is 5.00. The third-order valence-corrected chi connectivity index (χ3v) is 2.55. The highest BCUT2D eigenvalue weighted by Gasteiger charge is 2.12. The molecule has 0 aliphatic heterocycles.